The lowest BCUT2D eigenvalue weighted by atomic mass is 9.95. The number of rotatable bonds is 5. The average Bonchev–Trinajstić information content (AvgIpc) is 3.76. The van der Waals surface area contributed by atoms with E-state index in [1.807, 2.05) is 66.7 Å². The van der Waals surface area contributed by atoms with Crippen LogP contribution < -0.4 is 0 Å². The van der Waals surface area contributed by atoms with Gasteiger partial charge in [0.2, 0.25) is 0 Å². The number of fused-ring (bicyclic) bond motifs is 6. The highest BCUT2D eigenvalue weighted by Gasteiger charge is 2.20. The van der Waals surface area contributed by atoms with Crippen LogP contribution in [0.1, 0.15) is 0 Å². The predicted octanol–water partition coefficient (Wildman–Crippen LogP) is 12.0. The van der Waals surface area contributed by atoms with Crippen molar-refractivity contribution in [2.45, 2.75) is 0 Å². The van der Waals surface area contributed by atoms with Crippen molar-refractivity contribution < 1.29 is 8.83 Å². The van der Waals surface area contributed by atoms with Crippen LogP contribution >= 0.6 is 0 Å². The molecule has 0 radical (unpaired) electrons. The van der Waals surface area contributed by atoms with Gasteiger partial charge in [0.15, 0.2) is 17.5 Å². The summed E-state index contributed by atoms with van der Waals surface area (Å²) >= 11 is 0. The first kappa shape index (κ1) is 28.2. The Morgan fingerprint density at radius 2 is 0.860 bits per heavy atom. The summed E-state index contributed by atoms with van der Waals surface area (Å²) in [4.78, 5) is 15.5. The van der Waals surface area contributed by atoms with E-state index < -0.39 is 0 Å². The molecule has 10 rings (SSSR count). The van der Waals surface area contributed by atoms with Gasteiger partial charge in [-0.05, 0) is 58.7 Å². The standard InChI is InChI=1S/C45H27N3O2/c1-2-12-28(13-3-1)29-14-10-15-30(26-29)32-16-4-5-18-35(32)44-46-43(31-24-25-34-33-17-6-8-21-38(33)50-41(34)27-31)47-45(48-44)37-20-11-23-40-42(37)36-19-7-9-22-39(36)49-40/h1-27H. The molecule has 0 saturated heterocycles. The summed E-state index contributed by atoms with van der Waals surface area (Å²) in [5, 5.41) is 4.12. The van der Waals surface area contributed by atoms with Gasteiger partial charge in [0.25, 0.3) is 0 Å². The van der Waals surface area contributed by atoms with E-state index in [1.54, 1.807) is 0 Å². The molecule has 0 aliphatic carbocycles. The Kier molecular flexibility index (Phi) is 6.42. The Labute approximate surface area is 287 Å². The molecule has 0 unspecified atom stereocenters. The zero-order valence-corrected chi connectivity index (χ0v) is 26.7. The quantitative estimate of drug-likeness (QED) is 0.187. The van der Waals surface area contributed by atoms with Crippen molar-refractivity contribution in [3.63, 3.8) is 0 Å². The number of hydrogen-bond donors (Lipinski definition) is 0. The van der Waals surface area contributed by atoms with Crippen LogP contribution in [-0.2, 0) is 0 Å². The van der Waals surface area contributed by atoms with Crippen molar-refractivity contribution in [1.29, 1.82) is 0 Å². The lowest BCUT2D eigenvalue weighted by Crippen LogP contribution is -2.01. The van der Waals surface area contributed by atoms with Crippen LogP contribution in [0.2, 0.25) is 0 Å². The highest BCUT2D eigenvalue weighted by Crippen LogP contribution is 2.39. The molecule has 0 bridgehead atoms. The summed E-state index contributed by atoms with van der Waals surface area (Å²) in [7, 11) is 0. The Hall–Kier alpha value is -6.85. The molecule has 0 aliphatic rings. The molecule has 0 spiro atoms. The van der Waals surface area contributed by atoms with Crippen LogP contribution in [0.25, 0.3) is 100 Å². The molecule has 10 aromatic rings. The van der Waals surface area contributed by atoms with Crippen LogP contribution in [0.4, 0.5) is 0 Å². The molecule has 0 saturated carbocycles. The van der Waals surface area contributed by atoms with Gasteiger partial charge in [-0.25, -0.2) is 15.0 Å². The van der Waals surface area contributed by atoms with Crippen molar-refractivity contribution in [2.24, 2.45) is 0 Å². The summed E-state index contributed by atoms with van der Waals surface area (Å²) in [6, 6.07) is 55.8. The number of aromatic nitrogens is 3. The lowest BCUT2D eigenvalue weighted by molar-refractivity contribution is 0.668. The van der Waals surface area contributed by atoms with Gasteiger partial charge in [-0.1, -0.05) is 127 Å². The van der Waals surface area contributed by atoms with E-state index >= 15 is 0 Å². The molecule has 234 valence electrons. The van der Waals surface area contributed by atoms with Gasteiger partial charge in [0.05, 0.1) is 0 Å². The van der Waals surface area contributed by atoms with Gasteiger partial charge in [0, 0.05) is 38.2 Å². The fourth-order valence-electron chi connectivity index (χ4n) is 7.00. The van der Waals surface area contributed by atoms with Gasteiger partial charge in [0.1, 0.15) is 22.3 Å². The summed E-state index contributed by atoms with van der Waals surface area (Å²) < 4.78 is 12.5. The van der Waals surface area contributed by atoms with Gasteiger partial charge >= 0.3 is 0 Å². The molecule has 50 heavy (non-hydrogen) atoms. The summed E-state index contributed by atoms with van der Waals surface area (Å²) in [5.74, 6) is 1.71. The summed E-state index contributed by atoms with van der Waals surface area (Å²) in [6.45, 7) is 0. The number of benzene rings is 7. The molecule has 5 heteroatoms. The number of para-hydroxylation sites is 2. The SMILES string of the molecule is c1ccc(-c2cccc(-c3ccccc3-c3nc(-c4ccc5c(c4)oc4ccccc45)nc(-c4cccc5oc6ccccc6c45)n3)c2)cc1. The second kappa shape index (κ2) is 11.4. The summed E-state index contributed by atoms with van der Waals surface area (Å²) in [6.07, 6.45) is 0. The monoisotopic (exact) mass is 641 g/mol. The highest BCUT2D eigenvalue weighted by molar-refractivity contribution is 6.12. The minimum Gasteiger partial charge on any atom is -0.456 e. The number of furan rings is 2. The zero-order chi connectivity index (χ0) is 33.0. The predicted molar refractivity (Wildman–Crippen MR) is 202 cm³/mol. The topological polar surface area (TPSA) is 65.0 Å². The van der Waals surface area contributed by atoms with Crippen LogP contribution in [-0.4, -0.2) is 15.0 Å². The molecular formula is C45H27N3O2. The molecular weight excluding hydrogens is 615 g/mol. The molecule has 3 heterocycles. The molecule has 0 fully saturated rings. The van der Waals surface area contributed by atoms with Crippen LogP contribution in [0.3, 0.4) is 0 Å². The van der Waals surface area contributed by atoms with E-state index in [2.05, 4.69) is 97.1 Å². The van der Waals surface area contributed by atoms with Gasteiger partial charge in [-0.15, -0.1) is 0 Å². The second-order valence-electron chi connectivity index (χ2n) is 12.4. The van der Waals surface area contributed by atoms with Crippen LogP contribution in [0.15, 0.2) is 173 Å². The maximum absolute atomic E-state index is 6.28. The fraction of sp³-hybridized carbons (Fsp3) is 0. The van der Waals surface area contributed by atoms with E-state index in [4.69, 9.17) is 23.8 Å². The second-order valence-corrected chi connectivity index (χ2v) is 12.4. The smallest absolute Gasteiger partial charge is 0.164 e. The first-order chi connectivity index (χ1) is 24.8. The van der Waals surface area contributed by atoms with Crippen molar-refractivity contribution in [3.8, 4) is 56.4 Å². The van der Waals surface area contributed by atoms with Gasteiger partial charge in [-0.3, -0.25) is 0 Å². The van der Waals surface area contributed by atoms with E-state index in [0.717, 1.165) is 82.8 Å². The van der Waals surface area contributed by atoms with E-state index in [1.165, 1.54) is 0 Å². The molecule has 5 nitrogen and oxygen atoms in total. The van der Waals surface area contributed by atoms with Crippen molar-refractivity contribution in [3.05, 3.63) is 164 Å². The maximum Gasteiger partial charge on any atom is 0.164 e. The Morgan fingerprint density at radius 1 is 0.300 bits per heavy atom. The highest BCUT2D eigenvalue weighted by atomic mass is 16.3. The molecule has 0 atom stereocenters. The minimum atomic E-state index is 0.560. The molecule has 0 aliphatic heterocycles. The molecule has 0 N–H and O–H groups in total. The Morgan fingerprint density at radius 3 is 1.72 bits per heavy atom. The molecule has 7 aromatic carbocycles. The van der Waals surface area contributed by atoms with E-state index in [9.17, 15) is 0 Å². The Balaban J connectivity index is 1.21. The van der Waals surface area contributed by atoms with Crippen LogP contribution in [0.5, 0.6) is 0 Å². The van der Waals surface area contributed by atoms with Crippen LogP contribution in [0, 0.1) is 0 Å². The van der Waals surface area contributed by atoms with Crippen molar-refractivity contribution in [1.82, 2.24) is 15.0 Å². The number of nitrogens with zero attached hydrogens (tertiary/aromatic N) is 3. The Bertz CT molecular complexity index is 2890. The average molecular weight is 642 g/mol. The van der Waals surface area contributed by atoms with E-state index in [0.29, 0.717) is 17.5 Å². The van der Waals surface area contributed by atoms with Gasteiger partial charge < -0.3 is 8.83 Å². The third kappa shape index (κ3) is 4.67. The number of hydrogen-bond acceptors (Lipinski definition) is 5. The largest absolute Gasteiger partial charge is 0.456 e. The fourth-order valence-corrected chi connectivity index (χ4v) is 7.00. The maximum atomic E-state index is 6.28. The summed E-state index contributed by atoms with van der Waals surface area (Å²) in [5.41, 5.74) is 10.3. The molecule has 3 aromatic heterocycles. The van der Waals surface area contributed by atoms with Crippen molar-refractivity contribution >= 4 is 43.9 Å². The normalized spacial score (nSPS) is 11.6. The molecule has 0 amide bonds. The minimum absolute atomic E-state index is 0.560. The first-order valence-electron chi connectivity index (χ1n) is 16.6. The van der Waals surface area contributed by atoms with Gasteiger partial charge in [-0.2, -0.15) is 0 Å². The third-order valence-electron chi connectivity index (χ3n) is 9.36. The lowest BCUT2D eigenvalue weighted by Gasteiger charge is -2.13. The van der Waals surface area contributed by atoms with E-state index in [-0.39, 0.29) is 0 Å². The third-order valence-corrected chi connectivity index (χ3v) is 9.36. The zero-order valence-electron chi connectivity index (χ0n) is 26.7. The van der Waals surface area contributed by atoms with Crippen molar-refractivity contribution in [2.75, 3.05) is 0 Å². The first-order valence-corrected chi connectivity index (χ1v) is 16.6.